The lowest BCUT2D eigenvalue weighted by atomic mass is 10.2. The fourth-order valence-electron chi connectivity index (χ4n) is 1.76. The number of carbonyl (C=O) groups is 1. The van der Waals surface area contributed by atoms with Crippen LogP contribution in [0.4, 0.5) is 0 Å². The Morgan fingerprint density at radius 2 is 2.00 bits per heavy atom. The minimum Gasteiger partial charge on any atom is -0.453 e. The van der Waals surface area contributed by atoms with Gasteiger partial charge in [-0.15, -0.1) is 0 Å². The molecule has 0 saturated heterocycles. The molecule has 0 N–H and O–H groups in total. The molecule has 0 atom stereocenters. The average Bonchev–Trinajstić information content (AvgIpc) is 2.88. The number of ether oxygens (including phenoxy) is 3. The molecular weight excluding hydrogens is 232 g/mol. The molecule has 1 aliphatic rings. The van der Waals surface area contributed by atoms with Crippen molar-refractivity contribution in [1.29, 1.82) is 0 Å². The van der Waals surface area contributed by atoms with Crippen LogP contribution in [-0.4, -0.2) is 13.1 Å². The molecule has 0 saturated carbocycles. The monoisotopic (exact) mass is 242 g/mol. The number of hydrogen-bond donors (Lipinski definition) is 0. The number of benzene rings is 2. The van der Waals surface area contributed by atoms with Gasteiger partial charge in [-0.2, -0.15) is 0 Å². The molecule has 4 heteroatoms. The first-order chi connectivity index (χ1) is 8.86. The molecule has 1 aliphatic heterocycles. The highest BCUT2D eigenvalue weighted by atomic mass is 16.7. The highest BCUT2D eigenvalue weighted by Gasteiger charge is 2.18. The average molecular weight is 242 g/mol. The zero-order chi connectivity index (χ0) is 12.4. The van der Waals surface area contributed by atoms with E-state index in [4.69, 9.17) is 14.2 Å². The van der Waals surface area contributed by atoms with Crippen LogP contribution in [0.25, 0.3) is 0 Å². The Labute approximate surface area is 104 Å². The predicted molar refractivity (Wildman–Crippen MR) is 64.5 cm³/mol. The minimum absolute atomic E-state index is 0.198. The van der Waals surface area contributed by atoms with E-state index < -0.39 is 0 Å². The summed E-state index contributed by atoms with van der Waals surface area (Å²) in [6.45, 7) is 0.198. The van der Waals surface area contributed by atoms with Crippen LogP contribution in [0.3, 0.4) is 0 Å². The third-order valence-electron chi connectivity index (χ3n) is 2.58. The fourth-order valence-corrected chi connectivity index (χ4v) is 1.76. The molecular formula is C14H10O4. The maximum Gasteiger partial charge on any atom is 0.231 e. The van der Waals surface area contributed by atoms with Crippen molar-refractivity contribution in [2.75, 3.05) is 6.79 Å². The van der Waals surface area contributed by atoms with Gasteiger partial charge in [0.05, 0.1) is 0 Å². The minimum atomic E-state index is 0.198. The molecule has 18 heavy (non-hydrogen) atoms. The van der Waals surface area contributed by atoms with Crippen molar-refractivity contribution in [1.82, 2.24) is 0 Å². The molecule has 0 bridgehead atoms. The summed E-state index contributed by atoms with van der Waals surface area (Å²) >= 11 is 0. The van der Waals surface area contributed by atoms with E-state index >= 15 is 0 Å². The Hall–Kier alpha value is -2.49. The van der Waals surface area contributed by atoms with Gasteiger partial charge in [-0.3, -0.25) is 4.79 Å². The highest BCUT2D eigenvalue weighted by molar-refractivity contribution is 5.75. The Morgan fingerprint density at radius 3 is 2.89 bits per heavy atom. The van der Waals surface area contributed by atoms with Crippen molar-refractivity contribution in [3.05, 3.63) is 48.0 Å². The van der Waals surface area contributed by atoms with Gasteiger partial charge in [-0.05, 0) is 24.3 Å². The van der Waals surface area contributed by atoms with Crippen LogP contribution < -0.4 is 14.2 Å². The van der Waals surface area contributed by atoms with Crippen LogP contribution in [0.1, 0.15) is 10.4 Å². The summed E-state index contributed by atoms with van der Waals surface area (Å²) in [6, 6.07) is 12.4. The lowest BCUT2D eigenvalue weighted by Gasteiger charge is -2.08. The lowest BCUT2D eigenvalue weighted by Crippen LogP contribution is -1.94. The topological polar surface area (TPSA) is 44.8 Å². The first kappa shape index (κ1) is 10.7. The zero-order valence-electron chi connectivity index (χ0n) is 9.46. The Bertz CT molecular complexity index is 592. The van der Waals surface area contributed by atoms with Crippen LogP contribution >= 0.6 is 0 Å². The second-order valence-electron chi connectivity index (χ2n) is 3.78. The molecule has 3 rings (SSSR count). The fraction of sp³-hybridized carbons (Fsp3) is 0.0714. The summed E-state index contributed by atoms with van der Waals surface area (Å²) in [4.78, 5) is 10.7. The van der Waals surface area contributed by atoms with Crippen LogP contribution in [0.5, 0.6) is 23.0 Å². The maximum absolute atomic E-state index is 10.7. The van der Waals surface area contributed by atoms with E-state index in [1.165, 1.54) is 0 Å². The SMILES string of the molecule is O=Cc1cccc(Oc2cccc3c2OCO3)c1. The second kappa shape index (κ2) is 4.41. The number of hydrogen-bond acceptors (Lipinski definition) is 4. The van der Waals surface area contributed by atoms with Gasteiger partial charge >= 0.3 is 0 Å². The number of fused-ring (bicyclic) bond motifs is 1. The van der Waals surface area contributed by atoms with Gasteiger partial charge in [0.25, 0.3) is 0 Å². The van der Waals surface area contributed by atoms with Crippen molar-refractivity contribution >= 4 is 6.29 Å². The maximum atomic E-state index is 10.7. The molecule has 90 valence electrons. The highest BCUT2D eigenvalue weighted by Crippen LogP contribution is 2.42. The first-order valence-corrected chi connectivity index (χ1v) is 5.48. The molecule has 4 nitrogen and oxygen atoms in total. The van der Waals surface area contributed by atoms with Gasteiger partial charge in [0.2, 0.25) is 12.5 Å². The van der Waals surface area contributed by atoms with E-state index in [0.717, 1.165) is 6.29 Å². The van der Waals surface area contributed by atoms with Crippen LogP contribution in [0, 0.1) is 0 Å². The van der Waals surface area contributed by atoms with E-state index in [1.54, 1.807) is 30.3 Å². The van der Waals surface area contributed by atoms with E-state index in [0.29, 0.717) is 28.6 Å². The summed E-state index contributed by atoms with van der Waals surface area (Å²) in [6.07, 6.45) is 0.780. The van der Waals surface area contributed by atoms with E-state index in [1.807, 2.05) is 12.1 Å². The second-order valence-corrected chi connectivity index (χ2v) is 3.78. The Morgan fingerprint density at radius 1 is 1.11 bits per heavy atom. The van der Waals surface area contributed by atoms with Crippen molar-refractivity contribution in [3.8, 4) is 23.0 Å². The van der Waals surface area contributed by atoms with Crippen molar-refractivity contribution < 1.29 is 19.0 Å². The third-order valence-corrected chi connectivity index (χ3v) is 2.58. The molecule has 0 fully saturated rings. The molecule has 1 heterocycles. The molecule has 0 aliphatic carbocycles. The van der Waals surface area contributed by atoms with E-state index in [-0.39, 0.29) is 6.79 Å². The summed E-state index contributed by atoms with van der Waals surface area (Å²) in [5, 5.41) is 0. The summed E-state index contributed by atoms with van der Waals surface area (Å²) in [5.74, 6) is 2.42. The summed E-state index contributed by atoms with van der Waals surface area (Å²) < 4.78 is 16.3. The predicted octanol–water partition coefficient (Wildman–Crippen LogP) is 3.02. The van der Waals surface area contributed by atoms with Gasteiger partial charge in [0, 0.05) is 5.56 Å². The Kier molecular flexibility index (Phi) is 2.61. The lowest BCUT2D eigenvalue weighted by molar-refractivity contribution is 0.112. The van der Waals surface area contributed by atoms with E-state index in [9.17, 15) is 4.79 Å². The molecule has 0 spiro atoms. The van der Waals surface area contributed by atoms with Gasteiger partial charge in [0.15, 0.2) is 11.5 Å². The van der Waals surface area contributed by atoms with Crippen molar-refractivity contribution in [2.24, 2.45) is 0 Å². The van der Waals surface area contributed by atoms with E-state index in [2.05, 4.69) is 0 Å². The van der Waals surface area contributed by atoms with Crippen LogP contribution in [0.2, 0.25) is 0 Å². The number of para-hydroxylation sites is 1. The van der Waals surface area contributed by atoms with Gasteiger partial charge in [-0.25, -0.2) is 0 Å². The normalized spacial score (nSPS) is 12.2. The zero-order valence-corrected chi connectivity index (χ0v) is 9.46. The summed E-state index contributed by atoms with van der Waals surface area (Å²) in [7, 11) is 0. The molecule has 2 aromatic rings. The quantitative estimate of drug-likeness (QED) is 0.776. The molecule has 2 aromatic carbocycles. The van der Waals surface area contributed by atoms with Crippen LogP contribution in [-0.2, 0) is 0 Å². The largest absolute Gasteiger partial charge is 0.453 e. The smallest absolute Gasteiger partial charge is 0.231 e. The number of carbonyl (C=O) groups excluding carboxylic acids is 1. The standard InChI is InChI=1S/C14H10O4/c15-8-10-3-1-4-11(7-10)18-13-6-2-5-12-14(13)17-9-16-12/h1-8H,9H2. The molecule has 0 aromatic heterocycles. The van der Waals surface area contributed by atoms with Gasteiger partial charge in [-0.1, -0.05) is 18.2 Å². The molecule has 0 radical (unpaired) electrons. The number of rotatable bonds is 3. The van der Waals surface area contributed by atoms with Gasteiger partial charge in [0.1, 0.15) is 12.0 Å². The van der Waals surface area contributed by atoms with Crippen LogP contribution in [0.15, 0.2) is 42.5 Å². The Balaban J connectivity index is 1.92. The summed E-state index contributed by atoms with van der Waals surface area (Å²) in [5.41, 5.74) is 0.567. The van der Waals surface area contributed by atoms with Crippen molar-refractivity contribution in [2.45, 2.75) is 0 Å². The molecule has 0 amide bonds. The van der Waals surface area contributed by atoms with Crippen molar-refractivity contribution in [3.63, 3.8) is 0 Å². The molecule has 0 unspecified atom stereocenters. The number of aldehydes is 1. The first-order valence-electron chi connectivity index (χ1n) is 5.48. The third kappa shape index (κ3) is 1.88. The van der Waals surface area contributed by atoms with Gasteiger partial charge < -0.3 is 14.2 Å².